The fourth-order valence-corrected chi connectivity index (χ4v) is 2.20. The van der Waals surface area contributed by atoms with Gasteiger partial charge in [0.25, 0.3) is 0 Å². The lowest BCUT2D eigenvalue weighted by atomic mass is 10.3. The molecule has 3 rings (SSSR count). The number of amides is 1. The highest BCUT2D eigenvalue weighted by Gasteiger charge is 2.22. The van der Waals surface area contributed by atoms with Gasteiger partial charge in [-0.25, -0.2) is 5.43 Å². The number of hydrogen-bond donors (Lipinski definition) is 1. The molecule has 0 saturated heterocycles. The van der Waals surface area contributed by atoms with Crippen molar-refractivity contribution in [3.63, 3.8) is 0 Å². The van der Waals surface area contributed by atoms with E-state index in [4.69, 9.17) is 9.47 Å². The summed E-state index contributed by atoms with van der Waals surface area (Å²) in [4.78, 5) is 12.5. The number of aromatic nitrogens is 1. The first-order valence-electron chi connectivity index (χ1n) is 8.10. The molecular weight excluding hydrogens is 330 g/mol. The number of para-hydroxylation sites is 2. The van der Waals surface area contributed by atoms with Crippen LogP contribution in [-0.2, 0) is 11.8 Å². The van der Waals surface area contributed by atoms with Gasteiger partial charge in [-0.3, -0.25) is 4.79 Å². The second-order valence-electron chi connectivity index (χ2n) is 5.47. The average molecular weight is 349 g/mol. The second-order valence-corrected chi connectivity index (χ2v) is 5.47. The molecule has 3 aromatic rings. The van der Waals surface area contributed by atoms with Crippen LogP contribution in [0.2, 0.25) is 0 Å². The van der Waals surface area contributed by atoms with Gasteiger partial charge < -0.3 is 14.0 Å². The van der Waals surface area contributed by atoms with Crippen LogP contribution in [0.5, 0.6) is 11.5 Å². The Morgan fingerprint density at radius 2 is 1.54 bits per heavy atom. The maximum absolute atomic E-state index is 12.5. The molecule has 0 aliphatic heterocycles. The zero-order valence-corrected chi connectivity index (χ0v) is 14.3. The van der Waals surface area contributed by atoms with Crippen molar-refractivity contribution >= 4 is 12.1 Å². The molecule has 1 N–H and O–H groups in total. The molecular formula is C20H19N3O3. The standard InChI is InChI=1S/C20H19N3O3/c1-23-14-8-9-16(23)15-21-22-19(24)20(25-17-10-4-2-5-11-17)26-18-12-6-3-7-13-18/h2-15,20H,1H3,(H,22,24)/b21-15+. The van der Waals surface area contributed by atoms with Crippen molar-refractivity contribution in [2.24, 2.45) is 12.1 Å². The molecule has 1 heterocycles. The van der Waals surface area contributed by atoms with Crippen LogP contribution in [0, 0.1) is 0 Å². The van der Waals surface area contributed by atoms with Gasteiger partial charge in [0.15, 0.2) is 0 Å². The average Bonchev–Trinajstić information content (AvgIpc) is 3.08. The van der Waals surface area contributed by atoms with Crippen molar-refractivity contribution in [2.75, 3.05) is 0 Å². The lowest BCUT2D eigenvalue weighted by Gasteiger charge is -2.18. The monoisotopic (exact) mass is 349 g/mol. The number of carbonyl (C=O) groups excluding carboxylic acids is 1. The summed E-state index contributed by atoms with van der Waals surface area (Å²) >= 11 is 0. The molecule has 0 unspecified atom stereocenters. The molecule has 0 spiro atoms. The predicted molar refractivity (Wildman–Crippen MR) is 99.1 cm³/mol. The smallest absolute Gasteiger partial charge is 0.323 e. The molecule has 0 saturated carbocycles. The highest BCUT2D eigenvalue weighted by Crippen LogP contribution is 2.16. The van der Waals surface area contributed by atoms with Crippen LogP contribution in [0.4, 0.5) is 0 Å². The number of benzene rings is 2. The van der Waals surface area contributed by atoms with Gasteiger partial charge >= 0.3 is 12.2 Å². The van der Waals surface area contributed by atoms with Crippen molar-refractivity contribution in [3.05, 3.63) is 84.7 Å². The molecule has 0 fully saturated rings. The number of hydrogen-bond acceptors (Lipinski definition) is 4. The van der Waals surface area contributed by atoms with Gasteiger partial charge in [0.2, 0.25) is 0 Å². The maximum atomic E-state index is 12.5. The Morgan fingerprint density at radius 1 is 0.962 bits per heavy atom. The van der Waals surface area contributed by atoms with Crippen LogP contribution in [0.3, 0.4) is 0 Å². The minimum Gasteiger partial charge on any atom is -0.446 e. The Bertz CT molecular complexity index is 819. The Hall–Kier alpha value is -3.54. The zero-order valence-electron chi connectivity index (χ0n) is 14.3. The molecule has 26 heavy (non-hydrogen) atoms. The van der Waals surface area contributed by atoms with Gasteiger partial charge in [-0.15, -0.1) is 0 Å². The van der Waals surface area contributed by atoms with E-state index >= 15 is 0 Å². The summed E-state index contributed by atoms with van der Waals surface area (Å²) in [7, 11) is 1.89. The van der Waals surface area contributed by atoms with Gasteiger partial charge in [-0.1, -0.05) is 36.4 Å². The Labute approximate surface area is 151 Å². The second kappa shape index (κ2) is 8.53. The lowest BCUT2D eigenvalue weighted by molar-refractivity contribution is -0.140. The van der Waals surface area contributed by atoms with Crippen LogP contribution in [0.1, 0.15) is 5.69 Å². The molecule has 0 radical (unpaired) electrons. The third-order valence-corrected chi connectivity index (χ3v) is 3.54. The van der Waals surface area contributed by atoms with Crippen molar-refractivity contribution in [2.45, 2.75) is 6.29 Å². The molecule has 0 aliphatic rings. The summed E-state index contributed by atoms with van der Waals surface area (Å²) in [6, 6.07) is 21.8. The number of carbonyl (C=O) groups is 1. The molecule has 2 aromatic carbocycles. The fraction of sp³-hybridized carbons (Fsp3) is 0.100. The first-order chi connectivity index (χ1) is 12.7. The number of hydrazone groups is 1. The third-order valence-electron chi connectivity index (χ3n) is 3.54. The van der Waals surface area contributed by atoms with E-state index in [9.17, 15) is 4.79 Å². The largest absolute Gasteiger partial charge is 0.446 e. The van der Waals surface area contributed by atoms with Crippen LogP contribution in [0.25, 0.3) is 0 Å². The topological polar surface area (TPSA) is 64.9 Å². The first kappa shape index (κ1) is 17.3. The summed E-state index contributed by atoms with van der Waals surface area (Å²) in [5.74, 6) is 0.535. The van der Waals surface area contributed by atoms with Crippen LogP contribution in [-0.4, -0.2) is 23.0 Å². The van der Waals surface area contributed by atoms with E-state index in [0.29, 0.717) is 11.5 Å². The number of ether oxygens (including phenoxy) is 2. The molecule has 6 nitrogen and oxygen atoms in total. The van der Waals surface area contributed by atoms with E-state index in [0.717, 1.165) is 5.69 Å². The quantitative estimate of drug-likeness (QED) is 0.405. The first-order valence-corrected chi connectivity index (χ1v) is 8.10. The summed E-state index contributed by atoms with van der Waals surface area (Å²) in [6.07, 6.45) is 2.27. The van der Waals surface area contributed by atoms with Gasteiger partial charge in [-0.2, -0.15) is 5.10 Å². The molecule has 1 amide bonds. The highest BCUT2D eigenvalue weighted by atomic mass is 16.7. The molecule has 1 aromatic heterocycles. The van der Waals surface area contributed by atoms with Crippen molar-refractivity contribution in [1.82, 2.24) is 9.99 Å². The van der Waals surface area contributed by atoms with Crippen molar-refractivity contribution in [3.8, 4) is 11.5 Å². The molecule has 6 heteroatoms. The van der Waals surface area contributed by atoms with E-state index in [1.807, 2.05) is 66.3 Å². The molecule has 132 valence electrons. The van der Waals surface area contributed by atoms with Gasteiger partial charge in [0, 0.05) is 13.2 Å². The highest BCUT2D eigenvalue weighted by molar-refractivity contribution is 5.83. The van der Waals surface area contributed by atoms with Crippen molar-refractivity contribution in [1.29, 1.82) is 0 Å². The lowest BCUT2D eigenvalue weighted by Crippen LogP contribution is -2.40. The van der Waals surface area contributed by atoms with E-state index < -0.39 is 12.2 Å². The van der Waals surface area contributed by atoms with Crippen LogP contribution >= 0.6 is 0 Å². The zero-order chi connectivity index (χ0) is 18.2. The van der Waals surface area contributed by atoms with E-state index in [1.54, 1.807) is 30.5 Å². The summed E-state index contributed by atoms with van der Waals surface area (Å²) in [6.45, 7) is 0. The van der Waals surface area contributed by atoms with Crippen LogP contribution in [0.15, 0.2) is 84.1 Å². The predicted octanol–water partition coefficient (Wildman–Crippen LogP) is 2.96. The number of nitrogens with zero attached hydrogens (tertiary/aromatic N) is 2. The molecule has 0 aliphatic carbocycles. The van der Waals surface area contributed by atoms with E-state index in [2.05, 4.69) is 10.5 Å². The van der Waals surface area contributed by atoms with E-state index in [-0.39, 0.29) is 0 Å². The maximum Gasteiger partial charge on any atom is 0.323 e. The van der Waals surface area contributed by atoms with E-state index in [1.165, 1.54) is 0 Å². The van der Waals surface area contributed by atoms with Gasteiger partial charge in [-0.05, 0) is 36.4 Å². The third kappa shape index (κ3) is 4.73. The van der Waals surface area contributed by atoms with Crippen LogP contribution < -0.4 is 14.9 Å². The summed E-state index contributed by atoms with van der Waals surface area (Å²) in [5, 5.41) is 3.97. The number of aryl methyl sites for hydroxylation is 1. The Balaban J connectivity index is 1.70. The number of rotatable bonds is 7. The Morgan fingerprint density at radius 3 is 2.04 bits per heavy atom. The molecule has 0 bridgehead atoms. The summed E-state index contributed by atoms with van der Waals surface area (Å²) < 4.78 is 13.2. The SMILES string of the molecule is Cn1cccc1/C=N/NC(=O)C(Oc1ccccc1)Oc1ccccc1. The summed E-state index contributed by atoms with van der Waals surface area (Å²) in [5.41, 5.74) is 3.31. The van der Waals surface area contributed by atoms with Gasteiger partial charge in [0.1, 0.15) is 11.5 Å². The van der Waals surface area contributed by atoms with Gasteiger partial charge in [0.05, 0.1) is 11.9 Å². The fourth-order valence-electron chi connectivity index (χ4n) is 2.20. The normalized spacial score (nSPS) is 10.8. The number of nitrogens with one attached hydrogen (secondary N) is 1. The minimum atomic E-state index is -1.18. The molecule has 0 atom stereocenters. The minimum absolute atomic E-state index is 0.511. The Kier molecular flexibility index (Phi) is 5.67. The van der Waals surface area contributed by atoms with Crippen molar-refractivity contribution < 1.29 is 14.3 Å².